The van der Waals surface area contributed by atoms with Crippen molar-refractivity contribution in [3.8, 4) is 5.75 Å². The molecule has 2 amide bonds. The summed E-state index contributed by atoms with van der Waals surface area (Å²) in [7, 11) is 1.54. The van der Waals surface area contributed by atoms with E-state index in [-0.39, 0.29) is 24.2 Å². The second-order valence-corrected chi connectivity index (χ2v) is 6.22. The zero-order valence-corrected chi connectivity index (χ0v) is 15.1. The SMILES string of the molecule is COc1ccc(C)cc1NC(=O)CC(=O)Nc1ccccc1C(C)C. The number of rotatable bonds is 6. The van der Waals surface area contributed by atoms with E-state index in [9.17, 15) is 9.59 Å². The first kappa shape index (κ1) is 18.5. The second-order valence-electron chi connectivity index (χ2n) is 6.22. The molecule has 0 aliphatic heterocycles. The van der Waals surface area contributed by atoms with E-state index < -0.39 is 0 Å². The molecule has 0 aliphatic rings. The maximum absolute atomic E-state index is 12.2. The Kier molecular flexibility index (Phi) is 6.17. The summed E-state index contributed by atoms with van der Waals surface area (Å²) in [5.41, 5.74) is 3.33. The van der Waals surface area contributed by atoms with Crippen molar-refractivity contribution in [1.29, 1.82) is 0 Å². The molecule has 0 saturated carbocycles. The van der Waals surface area contributed by atoms with Crippen molar-refractivity contribution < 1.29 is 14.3 Å². The molecular weight excluding hydrogens is 316 g/mol. The van der Waals surface area contributed by atoms with Crippen molar-refractivity contribution in [1.82, 2.24) is 0 Å². The lowest BCUT2D eigenvalue weighted by Crippen LogP contribution is -2.22. The monoisotopic (exact) mass is 340 g/mol. The highest BCUT2D eigenvalue weighted by atomic mass is 16.5. The molecule has 0 heterocycles. The molecule has 2 rings (SSSR count). The van der Waals surface area contributed by atoms with Crippen molar-refractivity contribution in [2.24, 2.45) is 0 Å². The first-order valence-corrected chi connectivity index (χ1v) is 8.24. The quantitative estimate of drug-likeness (QED) is 0.778. The Labute approximate surface area is 148 Å². The summed E-state index contributed by atoms with van der Waals surface area (Å²) >= 11 is 0. The number of para-hydroxylation sites is 1. The summed E-state index contributed by atoms with van der Waals surface area (Å²) < 4.78 is 5.23. The number of carbonyl (C=O) groups is 2. The van der Waals surface area contributed by atoms with E-state index in [1.165, 1.54) is 7.11 Å². The Morgan fingerprint density at radius 1 is 1.00 bits per heavy atom. The Morgan fingerprint density at radius 3 is 2.28 bits per heavy atom. The van der Waals surface area contributed by atoms with Crippen molar-refractivity contribution in [3.63, 3.8) is 0 Å². The fourth-order valence-corrected chi connectivity index (χ4v) is 2.57. The number of aryl methyl sites for hydroxylation is 1. The third kappa shape index (κ3) is 5.08. The molecule has 0 saturated heterocycles. The number of hydrogen-bond donors (Lipinski definition) is 2. The molecule has 132 valence electrons. The van der Waals surface area contributed by atoms with E-state index in [0.717, 1.165) is 16.8 Å². The van der Waals surface area contributed by atoms with Gasteiger partial charge in [0.25, 0.3) is 0 Å². The van der Waals surface area contributed by atoms with E-state index >= 15 is 0 Å². The first-order valence-electron chi connectivity index (χ1n) is 8.24. The van der Waals surface area contributed by atoms with Gasteiger partial charge in [-0.2, -0.15) is 0 Å². The molecule has 2 aromatic rings. The predicted molar refractivity (Wildman–Crippen MR) is 100 cm³/mol. The van der Waals surface area contributed by atoms with Gasteiger partial charge in [0.1, 0.15) is 12.2 Å². The van der Waals surface area contributed by atoms with Crippen molar-refractivity contribution in [2.75, 3.05) is 17.7 Å². The summed E-state index contributed by atoms with van der Waals surface area (Å²) in [5.74, 6) is 0.104. The van der Waals surface area contributed by atoms with Crippen LogP contribution in [0.2, 0.25) is 0 Å². The summed E-state index contributed by atoms with van der Waals surface area (Å²) in [6.45, 7) is 6.04. The van der Waals surface area contributed by atoms with Gasteiger partial charge in [0.2, 0.25) is 11.8 Å². The minimum Gasteiger partial charge on any atom is -0.495 e. The molecular formula is C20H24N2O3. The van der Waals surface area contributed by atoms with Crippen LogP contribution in [0.25, 0.3) is 0 Å². The lowest BCUT2D eigenvalue weighted by atomic mass is 10.0. The molecule has 0 aromatic heterocycles. The molecule has 0 bridgehead atoms. The largest absolute Gasteiger partial charge is 0.495 e. The molecule has 2 aromatic carbocycles. The van der Waals surface area contributed by atoms with Gasteiger partial charge in [0, 0.05) is 5.69 Å². The Morgan fingerprint density at radius 2 is 1.64 bits per heavy atom. The zero-order chi connectivity index (χ0) is 18.4. The van der Waals surface area contributed by atoms with E-state index in [4.69, 9.17) is 4.74 Å². The number of carbonyl (C=O) groups excluding carboxylic acids is 2. The van der Waals surface area contributed by atoms with Crippen LogP contribution in [0.3, 0.4) is 0 Å². The third-order valence-corrected chi connectivity index (χ3v) is 3.81. The van der Waals surface area contributed by atoms with Crippen LogP contribution in [0.5, 0.6) is 5.75 Å². The molecule has 2 N–H and O–H groups in total. The average Bonchev–Trinajstić information content (AvgIpc) is 2.55. The maximum atomic E-state index is 12.2. The lowest BCUT2D eigenvalue weighted by Gasteiger charge is -2.14. The van der Waals surface area contributed by atoms with Gasteiger partial charge >= 0.3 is 0 Å². The first-order chi connectivity index (χ1) is 11.9. The summed E-state index contributed by atoms with van der Waals surface area (Å²) in [4.78, 5) is 24.4. The molecule has 25 heavy (non-hydrogen) atoms. The number of anilines is 2. The van der Waals surface area contributed by atoms with E-state index in [2.05, 4.69) is 24.5 Å². The molecule has 5 nitrogen and oxygen atoms in total. The summed E-state index contributed by atoms with van der Waals surface area (Å²) in [6.07, 6.45) is -0.260. The number of nitrogens with one attached hydrogen (secondary N) is 2. The predicted octanol–water partition coefficient (Wildman–Crippen LogP) is 4.09. The standard InChI is InChI=1S/C20H24N2O3/c1-13(2)15-7-5-6-8-16(15)21-19(23)12-20(24)22-17-11-14(3)9-10-18(17)25-4/h5-11,13H,12H2,1-4H3,(H,21,23)(H,22,24). The number of ether oxygens (including phenoxy) is 1. The molecule has 0 radical (unpaired) electrons. The van der Waals surface area contributed by atoms with Gasteiger partial charge in [-0.25, -0.2) is 0 Å². The van der Waals surface area contributed by atoms with Crippen molar-refractivity contribution in [3.05, 3.63) is 53.6 Å². The number of methoxy groups -OCH3 is 1. The van der Waals surface area contributed by atoms with Gasteiger partial charge in [-0.05, 0) is 42.2 Å². The Balaban J connectivity index is 2.02. The summed E-state index contributed by atoms with van der Waals surface area (Å²) in [6, 6.07) is 13.1. The Hall–Kier alpha value is -2.82. The van der Waals surface area contributed by atoms with Crippen LogP contribution in [-0.4, -0.2) is 18.9 Å². The highest BCUT2D eigenvalue weighted by molar-refractivity contribution is 6.08. The van der Waals surface area contributed by atoms with Crippen LogP contribution >= 0.6 is 0 Å². The number of benzene rings is 2. The lowest BCUT2D eigenvalue weighted by molar-refractivity contribution is -0.123. The van der Waals surface area contributed by atoms with Crippen LogP contribution in [0, 0.1) is 6.92 Å². The topological polar surface area (TPSA) is 67.4 Å². The average molecular weight is 340 g/mol. The smallest absolute Gasteiger partial charge is 0.233 e. The molecule has 0 aliphatic carbocycles. The Bertz CT molecular complexity index is 769. The normalized spacial score (nSPS) is 10.4. The van der Waals surface area contributed by atoms with Crippen LogP contribution in [0.4, 0.5) is 11.4 Å². The molecule has 0 atom stereocenters. The van der Waals surface area contributed by atoms with E-state index in [0.29, 0.717) is 11.4 Å². The van der Waals surface area contributed by atoms with Crippen LogP contribution < -0.4 is 15.4 Å². The van der Waals surface area contributed by atoms with Gasteiger partial charge in [-0.15, -0.1) is 0 Å². The van der Waals surface area contributed by atoms with Crippen LogP contribution in [0.1, 0.15) is 37.3 Å². The third-order valence-electron chi connectivity index (χ3n) is 3.81. The maximum Gasteiger partial charge on any atom is 0.233 e. The molecule has 0 fully saturated rings. The second kappa shape index (κ2) is 8.33. The van der Waals surface area contributed by atoms with Gasteiger partial charge in [-0.3, -0.25) is 9.59 Å². The zero-order valence-electron chi connectivity index (χ0n) is 15.1. The number of hydrogen-bond acceptors (Lipinski definition) is 3. The van der Waals surface area contributed by atoms with Crippen molar-refractivity contribution in [2.45, 2.75) is 33.1 Å². The van der Waals surface area contributed by atoms with E-state index in [1.807, 2.05) is 43.3 Å². The van der Waals surface area contributed by atoms with Crippen molar-refractivity contribution >= 4 is 23.2 Å². The van der Waals surface area contributed by atoms with Crippen LogP contribution in [-0.2, 0) is 9.59 Å². The van der Waals surface area contributed by atoms with Gasteiger partial charge in [0.15, 0.2) is 0 Å². The van der Waals surface area contributed by atoms with E-state index in [1.54, 1.807) is 6.07 Å². The van der Waals surface area contributed by atoms with Gasteiger partial charge in [-0.1, -0.05) is 38.1 Å². The molecule has 0 spiro atoms. The molecule has 5 heteroatoms. The summed E-state index contributed by atoms with van der Waals surface area (Å²) in [5, 5.41) is 5.55. The van der Waals surface area contributed by atoms with Crippen LogP contribution in [0.15, 0.2) is 42.5 Å². The number of amides is 2. The fraction of sp³-hybridized carbons (Fsp3) is 0.300. The highest BCUT2D eigenvalue weighted by Crippen LogP contribution is 2.26. The van der Waals surface area contributed by atoms with Gasteiger partial charge in [0.05, 0.1) is 12.8 Å². The molecule has 0 unspecified atom stereocenters. The van der Waals surface area contributed by atoms with Gasteiger partial charge < -0.3 is 15.4 Å². The highest BCUT2D eigenvalue weighted by Gasteiger charge is 2.14. The minimum absolute atomic E-state index is 0.260. The fourth-order valence-electron chi connectivity index (χ4n) is 2.57. The minimum atomic E-state index is -0.386.